The number of rotatable bonds is 1. The Morgan fingerprint density at radius 3 is 2.88 bits per heavy atom. The Morgan fingerprint density at radius 2 is 2.06 bits per heavy atom. The van der Waals surface area contributed by atoms with E-state index in [0.717, 1.165) is 28.7 Å². The van der Waals surface area contributed by atoms with Crippen molar-refractivity contribution in [3.8, 4) is 11.3 Å². The van der Waals surface area contributed by atoms with Crippen molar-refractivity contribution in [1.29, 1.82) is 0 Å². The normalized spacial score (nSPS) is 13.8. The van der Waals surface area contributed by atoms with Crippen molar-refractivity contribution < 1.29 is 0 Å². The first kappa shape index (κ1) is 9.66. The van der Waals surface area contributed by atoms with Crippen molar-refractivity contribution >= 4 is 11.8 Å². The zero-order valence-electron chi connectivity index (χ0n) is 8.59. The lowest BCUT2D eigenvalue weighted by Crippen LogP contribution is -2.13. The number of hydrogen-bond acceptors (Lipinski definition) is 3. The molecule has 0 unspecified atom stereocenters. The second-order valence-electron chi connectivity index (χ2n) is 3.63. The molecular formula is C12H10N2OS. The number of hydrogen-bond donors (Lipinski definition) is 0. The summed E-state index contributed by atoms with van der Waals surface area (Å²) in [5, 5.41) is 0.839. The Balaban J connectivity index is 2.25. The lowest BCUT2D eigenvalue weighted by atomic mass is 10.1. The van der Waals surface area contributed by atoms with Gasteiger partial charge in [0.15, 0.2) is 5.16 Å². The van der Waals surface area contributed by atoms with Crippen LogP contribution in [0.3, 0.4) is 0 Å². The van der Waals surface area contributed by atoms with Crippen LogP contribution in [0, 0.1) is 0 Å². The quantitative estimate of drug-likeness (QED) is 0.703. The molecule has 2 aromatic rings. The topological polar surface area (TPSA) is 34.9 Å². The van der Waals surface area contributed by atoms with Gasteiger partial charge in [0.2, 0.25) is 0 Å². The molecule has 80 valence electrons. The summed E-state index contributed by atoms with van der Waals surface area (Å²) in [6, 6.07) is 11.6. The van der Waals surface area contributed by atoms with Gasteiger partial charge in [-0.1, -0.05) is 42.1 Å². The number of fused-ring (bicyclic) bond motifs is 1. The molecule has 3 nitrogen and oxygen atoms in total. The van der Waals surface area contributed by atoms with E-state index in [0.29, 0.717) is 0 Å². The average Bonchev–Trinajstić information content (AvgIpc) is 2.77. The lowest BCUT2D eigenvalue weighted by Gasteiger charge is -2.09. The van der Waals surface area contributed by atoms with Crippen molar-refractivity contribution in [2.45, 2.75) is 11.7 Å². The number of benzene rings is 1. The Morgan fingerprint density at radius 1 is 1.25 bits per heavy atom. The van der Waals surface area contributed by atoms with Gasteiger partial charge in [-0.15, -0.1) is 0 Å². The van der Waals surface area contributed by atoms with Gasteiger partial charge >= 0.3 is 0 Å². The summed E-state index contributed by atoms with van der Waals surface area (Å²) in [5.41, 5.74) is 1.89. The van der Waals surface area contributed by atoms with Crippen molar-refractivity contribution in [2.24, 2.45) is 0 Å². The molecule has 0 aliphatic carbocycles. The molecule has 4 heteroatoms. The monoisotopic (exact) mass is 230 g/mol. The summed E-state index contributed by atoms with van der Waals surface area (Å²) < 4.78 is 2.11. The van der Waals surface area contributed by atoms with Crippen molar-refractivity contribution in [3.63, 3.8) is 0 Å². The maximum absolute atomic E-state index is 11.5. The minimum atomic E-state index is -0.153. The van der Waals surface area contributed by atoms with Crippen molar-refractivity contribution in [2.75, 3.05) is 5.75 Å². The van der Waals surface area contributed by atoms with E-state index in [2.05, 4.69) is 9.55 Å². The Bertz CT molecular complexity index is 577. The first-order valence-corrected chi connectivity index (χ1v) is 6.13. The molecule has 16 heavy (non-hydrogen) atoms. The third-order valence-electron chi connectivity index (χ3n) is 2.60. The largest absolute Gasteiger partial charge is 0.319 e. The Hall–Kier alpha value is -1.55. The summed E-state index contributed by atoms with van der Waals surface area (Å²) in [5.74, 6) is 0.996. The zero-order valence-corrected chi connectivity index (χ0v) is 9.41. The van der Waals surface area contributed by atoms with E-state index in [1.165, 1.54) is 0 Å². The van der Waals surface area contributed by atoms with Crippen LogP contribution in [0.15, 0.2) is 46.3 Å². The number of aromatic nitrogens is 2. The summed E-state index contributed by atoms with van der Waals surface area (Å²) in [4.78, 5) is 15.5. The van der Waals surface area contributed by atoms with Crippen LogP contribution in [0.25, 0.3) is 11.3 Å². The van der Waals surface area contributed by atoms with Gasteiger partial charge in [-0.3, -0.25) is 4.79 Å². The SMILES string of the molecule is O=c1cc(-c2ccccc2)n2c(n1)SCC2. The highest BCUT2D eigenvalue weighted by molar-refractivity contribution is 7.99. The summed E-state index contributed by atoms with van der Waals surface area (Å²) in [6.07, 6.45) is 0. The molecular weight excluding hydrogens is 220 g/mol. The molecule has 0 saturated carbocycles. The molecule has 0 amide bonds. The van der Waals surface area contributed by atoms with E-state index in [-0.39, 0.29) is 5.56 Å². The molecule has 3 rings (SSSR count). The van der Waals surface area contributed by atoms with Crippen molar-refractivity contribution in [3.05, 3.63) is 46.8 Å². The molecule has 0 radical (unpaired) electrons. The van der Waals surface area contributed by atoms with Crippen LogP contribution >= 0.6 is 11.8 Å². The smallest absolute Gasteiger partial charge is 0.274 e. The van der Waals surface area contributed by atoms with Gasteiger partial charge in [0.05, 0.1) is 5.69 Å². The minimum Gasteiger partial charge on any atom is -0.319 e. The van der Waals surface area contributed by atoms with Crippen LogP contribution in [0.2, 0.25) is 0 Å². The highest BCUT2D eigenvalue weighted by Crippen LogP contribution is 2.28. The average molecular weight is 230 g/mol. The molecule has 1 aliphatic rings. The number of nitrogens with zero attached hydrogens (tertiary/aromatic N) is 2. The fourth-order valence-corrected chi connectivity index (χ4v) is 2.84. The molecule has 2 heterocycles. The van der Waals surface area contributed by atoms with Crippen LogP contribution < -0.4 is 5.56 Å². The van der Waals surface area contributed by atoms with Crippen LogP contribution in [0.5, 0.6) is 0 Å². The third kappa shape index (κ3) is 1.55. The molecule has 0 atom stereocenters. The van der Waals surface area contributed by atoms with E-state index in [4.69, 9.17) is 0 Å². The highest BCUT2D eigenvalue weighted by Gasteiger charge is 2.16. The van der Waals surface area contributed by atoms with Gasteiger partial charge in [0, 0.05) is 18.4 Å². The molecule has 0 N–H and O–H groups in total. The predicted molar refractivity (Wildman–Crippen MR) is 64.7 cm³/mol. The van der Waals surface area contributed by atoms with E-state index in [9.17, 15) is 4.79 Å². The summed E-state index contributed by atoms with van der Waals surface area (Å²) in [7, 11) is 0. The standard InChI is InChI=1S/C12H10N2OS/c15-11-8-10(9-4-2-1-3-5-9)14-6-7-16-12(14)13-11/h1-5,8H,6-7H2. The number of thioether (sulfide) groups is 1. The first-order valence-electron chi connectivity index (χ1n) is 5.15. The van der Waals surface area contributed by atoms with Crippen LogP contribution in [-0.2, 0) is 6.54 Å². The van der Waals surface area contributed by atoms with E-state index in [1.54, 1.807) is 17.8 Å². The van der Waals surface area contributed by atoms with Crippen molar-refractivity contribution in [1.82, 2.24) is 9.55 Å². The van der Waals surface area contributed by atoms with E-state index in [1.807, 2.05) is 30.3 Å². The zero-order chi connectivity index (χ0) is 11.0. The fourth-order valence-electron chi connectivity index (χ4n) is 1.89. The molecule has 0 saturated heterocycles. The second kappa shape index (κ2) is 3.79. The van der Waals surface area contributed by atoms with E-state index < -0.39 is 0 Å². The molecule has 0 fully saturated rings. The maximum atomic E-state index is 11.5. The third-order valence-corrected chi connectivity index (χ3v) is 3.56. The molecule has 1 aromatic heterocycles. The summed E-state index contributed by atoms with van der Waals surface area (Å²) in [6.45, 7) is 0.928. The van der Waals surface area contributed by atoms with Gasteiger partial charge in [-0.2, -0.15) is 4.98 Å². The van der Waals surface area contributed by atoms with E-state index >= 15 is 0 Å². The molecule has 0 bridgehead atoms. The van der Waals surface area contributed by atoms with Crippen LogP contribution in [0.4, 0.5) is 0 Å². The fraction of sp³-hybridized carbons (Fsp3) is 0.167. The Kier molecular flexibility index (Phi) is 2.29. The van der Waals surface area contributed by atoms with Gasteiger partial charge in [-0.05, 0) is 5.56 Å². The van der Waals surface area contributed by atoms with Gasteiger partial charge in [0.25, 0.3) is 5.56 Å². The Labute approximate surface area is 97.1 Å². The minimum absolute atomic E-state index is 0.153. The van der Waals surface area contributed by atoms with Gasteiger partial charge < -0.3 is 4.57 Å². The highest BCUT2D eigenvalue weighted by atomic mass is 32.2. The van der Waals surface area contributed by atoms with Crippen LogP contribution in [0.1, 0.15) is 0 Å². The molecule has 1 aliphatic heterocycles. The van der Waals surface area contributed by atoms with Crippen LogP contribution in [-0.4, -0.2) is 15.3 Å². The molecule has 0 spiro atoms. The summed E-state index contributed by atoms with van der Waals surface area (Å²) >= 11 is 1.64. The maximum Gasteiger partial charge on any atom is 0.274 e. The van der Waals surface area contributed by atoms with Gasteiger partial charge in [0.1, 0.15) is 0 Å². The predicted octanol–water partition coefficient (Wildman–Crippen LogP) is 2.02. The molecule has 1 aromatic carbocycles. The lowest BCUT2D eigenvalue weighted by molar-refractivity contribution is 0.684. The van der Waals surface area contributed by atoms with Gasteiger partial charge in [-0.25, -0.2) is 0 Å². The first-order chi connectivity index (χ1) is 7.84. The second-order valence-corrected chi connectivity index (χ2v) is 4.69.